The van der Waals surface area contributed by atoms with Crippen molar-refractivity contribution in [2.45, 2.75) is 24.8 Å². The quantitative estimate of drug-likeness (QED) is 0.300. The summed E-state index contributed by atoms with van der Waals surface area (Å²) < 4.78 is 51.3. The van der Waals surface area contributed by atoms with Gasteiger partial charge >= 0.3 is 5.97 Å². The zero-order valence-corrected chi connectivity index (χ0v) is 23.1. The molecule has 2 N–H and O–H groups in total. The Morgan fingerprint density at radius 2 is 1.67 bits per heavy atom. The number of sulfonamides is 1. The molecule has 0 fully saturated rings. The summed E-state index contributed by atoms with van der Waals surface area (Å²) in [5.74, 6) is -0.139. The Bertz CT molecular complexity index is 1360. The molecule has 1 atom stereocenters. The minimum Gasteiger partial charge on any atom is -0.497 e. The third kappa shape index (κ3) is 7.41. The van der Waals surface area contributed by atoms with Crippen molar-refractivity contribution in [3.05, 3.63) is 72.3 Å². The van der Waals surface area contributed by atoms with Gasteiger partial charge in [-0.1, -0.05) is 38.1 Å². The molecular formula is C28H33NO9S. The summed E-state index contributed by atoms with van der Waals surface area (Å²) in [4.78, 5) is 12.7. The Hall–Kier alpha value is -3.80. The first kappa shape index (κ1) is 29.8. The number of aliphatic hydroxyl groups excluding tert-OH is 2. The molecule has 0 saturated carbocycles. The number of benzene rings is 3. The maximum atomic E-state index is 14.0. The van der Waals surface area contributed by atoms with Crippen LogP contribution < -0.4 is 18.5 Å². The largest absolute Gasteiger partial charge is 0.497 e. The molecule has 1 unspecified atom stereocenters. The van der Waals surface area contributed by atoms with Crippen molar-refractivity contribution >= 4 is 21.7 Å². The first-order valence-corrected chi connectivity index (χ1v) is 13.6. The highest BCUT2D eigenvalue weighted by Gasteiger charge is 2.32. The number of methoxy groups -OCH3 is 2. The van der Waals surface area contributed by atoms with E-state index in [-0.39, 0.29) is 46.7 Å². The SMILES string of the molecule is COC(=O)c1cc(OCC(O)CO)c(Oc2cccc(OC)c2)c(N(CC(C)C)S(=O)(=O)c2ccccc2)c1. The molecule has 0 radical (unpaired) electrons. The molecule has 0 aliphatic rings. The highest BCUT2D eigenvalue weighted by Crippen LogP contribution is 2.44. The first-order chi connectivity index (χ1) is 18.6. The molecule has 10 nitrogen and oxygen atoms in total. The van der Waals surface area contributed by atoms with Crippen molar-refractivity contribution < 1.29 is 42.4 Å². The second-order valence-electron chi connectivity index (χ2n) is 8.99. The number of nitrogens with zero attached hydrogens (tertiary/aromatic N) is 1. The third-order valence-corrected chi connectivity index (χ3v) is 7.28. The molecule has 0 aromatic heterocycles. The average Bonchev–Trinajstić information content (AvgIpc) is 2.95. The number of esters is 1. The van der Waals surface area contributed by atoms with Crippen LogP contribution in [0.3, 0.4) is 0 Å². The van der Waals surface area contributed by atoms with Crippen molar-refractivity contribution in [2.24, 2.45) is 5.92 Å². The monoisotopic (exact) mass is 559 g/mol. The molecule has 0 aliphatic carbocycles. The molecule has 3 aromatic rings. The van der Waals surface area contributed by atoms with Crippen LogP contribution >= 0.6 is 0 Å². The van der Waals surface area contributed by atoms with Gasteiger partial charge in [0, 0.05) is 12.6 Å². The van der Waals surface area contributed by atoms with E-state index in [1.807, 2.05) is 13.8 Å². The lowest BCUT2D eigenvalue weighted by Crippen LogP contribution is -2.35. The van der Waals surface area contributed by atoms with E-state index in [0.29, 0.717) is 11.5 Å². The summed E-state index contributed by atoms with van der Waals surface area (Å²) in [5, 5.41) is 19.2. The summed E-state index contributed by atoms with van der Waals surface area (Å²) in [6.45, 7) is 2.82. The van der Waals surface area contributed by atoms with Gasteiger partial charge in [-0.2, -0.15) is 0 Å². The van der Waals surface area contributed by atoms with Gasteiger partial charge in [0.15, 0.2) is 11.5 Å². The van der Waals surface area contributed by atoms with Crippen LogP contribution in [0, 0.1) is 5.92 Å². The number of anilines is 1. The van der Waals surface area contributed by atoms with E-state index in [0.717, 1.165) is 4.31 Å². The van der Waals surface area contributed by atoms with Crippen molar-refractivity contribution in [3.8, 4) is 23.0 Å². The molecular weight excluding hydrogens is 526 g/mol. The standard InChI is InChI=1S/C28H33NO9S/c1-19(2)16-29(39(33,34)24-11-6-5-7-12-24)25-13-20(28(32)36-4)14-26(37-18-21(31)17-30)27(25)38-23-10-8-9-22(15-23)35-3/h5-15,19,21,30-31H,16-18H2,1-4H3. The molecule has 3 aromatic carbocycles. The minimum absolute atomic E-state index is 0.00371. The molecule has 0 spiro atoms. The van der Waals surface area contributed by atoms with E-state index >= 15 is 0 Å². The number of carbonyl (C=O) groups excluding carboxylic acids is 1. The van der Waals surface area contributed by atoms with Gasteiger partial charge in [-0.15, -0.1) is 0 Å². The number of hydrogen-bond donors (Lipinski definition) is 2. The van der Waals surface area contributed by atoms with E-state index in [1.165, 1.54) is 38.5 Å². The molecule has 39 heavy (non-hydrogen) atoms. The fourth-order valence-electron chi connectivity index (χ4n) is 3.62. The zero-order valence-electron chi connectivity index (χ0n) is 22.2. The highest BCUT2D eigenvalue weighted by atomic mass is 32.2. The van der Waals surface area contributed by atoms with Crippen LogP contribution in [0.15, 0.2) is 71.6 Å². The van der Waals surface area contributed by atoms with Crippen LogP contribution in [-0.2, 0) is 14.8 Å². The van der Waals surface area contributed by atoms with Gasteiger partial charge in [0.05, 0.1) is 37.0 Å². The van der Waals surface area contributed by atoms with Crippen LogP contribution in [0.2, 0.25) is 0 Å². The van der Waals surface area contributed by atoms with Gasteiger partial charge < -0.3 is 29.2 Å². The van der Waals surface area contributed by atoms with Gasteiger partial charge in [-0.3, -0.25) is 4.31 Å². The summed E-state index contributed by atoms with van der Waals surface area (Å²) in [7, 11) is -1.45. The summed E-state index contributed by atoms with van der Waals surface area (Å²) in [6.07, 6.45) is -1.24. The van der Waals surface area contributed by atoms with E-state index in [4.69, 9.17) is 18.9 Å². The van der Waals surface area contributed by atoms with Crippen LogP contribution in [0.1, 0.15) is 24.2 Å². The van der Waals surface area contributed by atoms with Crippen molar-refractivity contribution in [1.82, 2.24) is 0 Å². The van der Waals surface area contributed by atoms with Gasteiger partial charge in [0.2, 0.25) is 0 Å². The smallest absolute Gasteiger partial charge is 0.338 e. The number of hydrogen-bond acceptors (Lipinski definition) is 9. The topological polar surface area (TPSA) is 132 Å². The van der Waals surface area contributed by atoms with Gasteiger partial charge in [0.25, 0.3) is 10.0 Å². The summed E-state index contributed by atoms with van der Waals surface area (Å²) in [6, 6.07) is 17.2. The van der Waals surface area contributed by atoms with E-state index in [1.54, 1.807) is 42.5 Å². The summed E-state index contributed by atoms with van der Waals surface area (Å²) in [5.41, 5.74) is 0.0164. The van der Waals surface area contributed by atoms with E-state index < -0.39 is 28.7 Å². The van der Waals surface area contributed by atoms with Crippen LogP contribution in [0.5, 0.6) is 23.0 Å². The number of rotatable bonds is 13. The highest BCUT2D eigenvalue weighted by molar-refractivity contribution is 7.92. The third-order valence-electron chi connectivity index (χ3n) is 5.49. The lowest BCUT2D eigenvalue weighted by molar-refractivity contribution is 0.0526. The normalized spacial score (nSPS) is 12.1. The first-order valence-electron chi connectivity index (χ1n) is 12.2. The molecule has 3 rings (SSSR count). The fourth-order valence-corrected chi connectivity index (χ4v) is 5.26. The Morgan fingerprint density at radius 3 is 2.28 bits per heavy atom. The molecule has 0 amide bonds. The number of carbonyl (C=O) groups is 1. The van der Waals surface area contributed by atoms with Crippen LogP contribution in [-0.4, -0.2) is 64.7 Å². The maximum Gasteiger partial charge on any atom is 0.338 e. The number of aliphatic hydroxyl groups is 2. The second kappa shape index (κ2) is 13.3. The molecule has 11 heteroatoms. The van der Waals surface area contributed by atoms with Crippen LogP contribution in [0.25, 0.3) is 0 Å². The second-order valence-corrected chi connectivity index (χ2v) is 10.8. The molecule has 0 aliphatic heterocycles. The predicted octanol–water partition coefficient (Wildman–Crippen LogP) is 3.86. The fraction of sp³-hybridized carbons (Fsp3) is 0.321. The van der Waals surface area contributed by atoms with Gasteiger partial charge in [-0.25, -0.2) is 13.2 Å². The molecule has 0 heterocycles. The number of ether oxygens (including phenoxy) is 4. The lowest BCUT2D eigenvalue weighted by Gasteiger charge is -2.29. The Balaban J connectivity index is 2.32. The average molecular weight is 560 g/mol. The molecule has 0 bridgehead atoms. The van der Waals surface area contributed by atoms with E-state index in [2.05, 4.69) is 0 Å². The van der Waals surface area contributed by atoms with Crippen molar-refractivity contribution in [1.29, 1.82) is 0 Å². The predicted molar refractivity (Wildman–Crippen MR) is 145 cm³/mol. The van der Waals surface area contributed by atoms with Crippen molar-refractivity contribution in [3.63, 3.8) is 0 Å². The van der Waals surface area contributed by atoms with Crippen molar-refractivity contribution in [2.75, 3.05) is 38.3 Å². The molecule has 210 valence electrons. The van der Waals surface area contributed by atoms with Gasteiger partial charge in [-0.05, 0) is 42.3 Å². The van der Waals surface area contributed by atoms with Crippen LogP contribution in [0.4, 0.5) is 5.69 Å². The Morgan fingerprint density at radius 1 is 0.974 bits per heavy atom. The maximum absolute atomic E-state index is 14.0. The lowest BCUT2D eigenvalue weighted by atomic mass is 10.1. The van der Waals surface area contributed by atoms with Gasteiger partial charge in [0.1, 0.15) is 24.2 Å². The zero-order chi connectivity index (χ0) is 28.6. The Kier molecular flexibility index (Phi) is 10.2. The summed E-state index contributed by atoms with van der Waals surface area (Å²) >= 11 is 0. The molecule has 0 saturated heterocycles. The van der Waals surface area contributed by atoms with E-state index in [9.17, 15) is 23.4 Å². The minimum atomic E-state index is -4.15. The Labute approximate surface area is 228 Å².